The van der Waals surface area contributed by atoms with Gasteiger partial charge in [-0.3, -0.25) is 4.79 Å². The van der Waals surface area contributed by atoms with Crippen LogP contribution in [0, 0.1) is 5.82 Å². The molecule has 1 aromatic carbocycles. The first-order chi connectivity index (χ1) is 6.24. The van der Waals surface area contributed by atoms with Crippen LogP contribution in [0.25, 0.3) is 0 Å². The third-order valence-electron chi connectivity index (χ3n) is 1.54. The second-order valence-corrected chi connectivity index (χ2v) is 2.55. The van der Waals surface area contributed by atoms with E-state index in [9.17, 15) is 9.18 Å². The third-order valence-corrected chi connectivity index (χ3v) is 1.54. The lowest BCUT2D eigenvalue weighted by Gasteiger charge is -2.02. The summed E-state index contributed by atoms with van der Waals surface area (Å²) in [5.41, 5.74) is 5.64. The minimum absolute atomic E-state index is 0.231. The van der Waals surface area contributed by atoms with Gasteiger partial charge < -0.3 is 11.1 Å². The summed E-state index contributed by atoms with van der Waals surface area (Å²) in [6.45, 7) is 0.823. The monoisotopic (exact) mass is 182 g/mol. The minimum Gasteiger partial charge on any atom is -0.351 e. The number of hydrogen-bond donors (Lipinski definition) is 2. The molecule has 0 saturated heterocycles. The molecule has 0 spiro atoms. The molecule has 1 amide bonds. The first-order valence-corrected chi connectivity index (χ1v) is 3.98. The summed E-state index contributed by atoms with van der Waals surface area (Å²) >= 11 is 0. The zero-order valence-electron chi connectivity index (χ0n) is 7.09. The Hall–Kier alpha value is -1.42. The van der Waals surface area contributed by atoms with Gasteiger partial charge in [-0.2, -0.15) is 0 Å². The molecule has 0 radical (unpaired) electrons. The fraction of sp³-hybridized carbons (Fsp3) is 0.222. The second-order valence-electron chi connectivity index (χ2n) is 2.55. The molecule has 3 nitrogen and oxygen atoms in total. The van der Waals surface area contributed by atoms with Crippen molar-refractivity contribution in [3.8, 4) is 0 Å². The van der Waals surface area contributed by atoms with E-state index in [0.29, 0.717) is 18.7 Å². The van der Waals surface area contributed by atoms with E-state index in [1.165, 1.54) is 24.3 Å². The molecule has 70 valence electrons. The lowest BCUT2D eigenvalue weighted by Crippen LogP contribution is -2.28. The summed E-state index contributed by atoms with van der Waals surface area (Å²) in [5, 5.41) is 2.58. The first-order valence-electron chi connectivity index (χ1n) is 3.98. The van der Waals surface area contributed by atoms with Crippen molar-refractivity contribution in [3.63, 3.8) is 0 Å². The van der Waals surface area contributed by atoms with Crippen LogP contribution >= 0.6 is 0 Å². The first kappa shape index (κ1) is 9.67. The van der Waals surface area contributed by atoms with E-state index in [4.69, 9.17) is 5.73 Å². The number of benzene rings is 1. The molecule has 0 aliphatic carbocycles. The lowest BCUT2D eigenvalue weighted by molar-refractivity contribution is 0.0954. The molecule has 13 heavy (non-hydrogen) atoms. The quantitative estimate of drug-likeness (QED) is 0.715. The number of carbonyl (C=O) groups is 1. The largest absolute Gasteiger partial charge is 0.351 e. The molecule has 1 rings (SSSR count). The van der Waals surface area contributed by atoms with Crippen LogP contribution in [-0.2, 0) is 0 Å². The highest BCUT2D eigenvalue weighted by molar-refractivity contribution is 5.94. The van der Waals surface area contributed by atoms with Gasteiger partial charge >= 0.3 is 0 Å². The van der Waals surface area contributed by atoms with Crippen LogP contribution in [0.2, 0.25) is 0 Å². The standard InChI is InChI=1S/C9H11FN2O/c10-8-3-1-7(2-4-8)9(13)12-6-5-11/h1-4H,5-6,11H2,(H,12,13). The number of nitrogens with two attached hydrogens (primary N) is 1. The highest BCUT2D eigenvalue weighted by atomic mass is 19.1. The van der Waals surface area contributed by atoms with Gasteiger partial charge in [0.15, 0.2) is 0 Å². The summed E-state index contributed by atoms with van der Waals surface area (Å²) in [7, 11) is 0. The molecule has 0 atom stereocenters. The van der Waals surface area contributed by atoms with E-state index < -0.39 is 0 Å². The SMILES string of the molecule is NCCNC(=O)c1ccc(F)cc1. The molecule has 0 fully saturated rings. The maximum Gasteiger partial charge on any atom is 0.251 e. The molecule has 0 bridgehead atoms. The summed E-state index contributed by atoms with van der Waals surface area (Å²) < 4.78 is 12.5. The van der Waals surface area contributed by atoms with Crippen molar-refractivity contribution in [2.45, 2.75) is 0 Å². The third kappa shape index (κ3) is 2.83. The van der Waals surface area contributed by atoms with Gasteiger partial charge in [0, 0.05) is 18.7 Å². The van der Waals surface area contributed by atoms with E-state index in [0.717, 1.165) is 0 Å². The van der Waals surface area contributed by atoms with Crippen molar-refractivity contribution in [2.24, 2.45) is 5.73 Å². The molecule has 4 heteroatoms. The maximum absolute atomic E-state index is 12.5. The normalized spacial score (nSPS) is 9.69. The van der Waals surface area contributed by atoms with Crippen LogP contribution in [0.4, 0.5) is 4.39 Å². The van der Waals surface area contributed by atoms with Gasteiger partial charge in [-0.25, -0.2) is 4.39 Å². The Morgan fingerprint density at radius 3 is 2.54 bits per heavy atom. The molecular formula is C9H11FN2O. The molecule has 0 aliphatic heterocycles. The molecule has 3 N–H and O–H groups in total. The molecule has 0 heterocycles. The Kier molecular flexibility index (Phi) is 3.40. The van der Waals surface area contributed by atoms with Crippen LogP contribution in [0.1, 0.15) is 10.4 Å². The Balaban J connectivity index is 2.61. The summed E-state index contributed by atoms with van der Waals surface area (Å²) in [6.07, 6.45) is 0. The number of amides is 1. The van der Waals surface area contributed by atoms with Gasteiger partial charge in [0.1, 0.15) is 5.82 Å². The highest BCUT2D eigenvalue weighted by Gasteiger charge is 2.02. The fourth-order valence-corrected chi connectivity index (χ4v) is 0.889. The van der Waals surface area contributed by atoms with Gasteiger partial charge in [0.05, 0.1) is 0 Å². The van der Waals surface area contributed by atoms with Crippen LogP contribution < -0.4 is 11.1 Å². The predicted octanol–water partition coefficient (Wildman–Crippen LogP) is 0.514. The van der Waals surface area contributed by atoms with Gasteiger partial charge in [-0.05, 0) is 24.3 Å². The highest BCUT2D eigenvalue weighted by Crippen LogP contribution is 2.01. The van der Waals surface area contributed by atoms with E-state index in [2.05, 4.69) is 5.32 Å². The number of hydrogen-bond acceptors (Lipinski definition) is 2. The molecule has 1 aromatic rings. The summed E-state index contributed by atoms with van der Waals surface area (Å²) in [4.78, 5) is 11.2. The van der Waals surface area contributed by atoms with E-state index in [1.807, 2.05) is 0 Å². The molecule has 0 saturated carbocycles. The molecule has 0 unspecified atom stereocenters. The van der Waals surface area contributed by atoms with Crippen LogP contribution in [-0.4, -0.2) is 19.0 Å². The average Bonchev–Trinajstić information content (AvgIpc) is 2.15. The van der Waals surface area contributed by atoms with Crippen LogP contribution in [0.3, 0.4) is 0 Å². The topological polar surface area (TPSA) is 55.1 Å². The number of rotatable bonds is 3. The van der Waals surface area contributed by atoms with Gasteiger partial charge in [-0.1, -0.05) is 0 Å². The zero-order valence-corrected chi connectivity index (χ0v) is 7.09. The van der Waals surface area contributed by atoms with Crippen LogP contribution in [0.15, 0.2) is 24.3 Å². The minimum atomic E-state index is -0.352. The fourth-order valence-electron chi connectivity index (χ4n) is 0.889. The second kappa shape index (κ2) is 4.57. The van der Waals surface area contributed by atoms with Crippen molar-refractivity contribution in [1.82, 2.24) is 5.32 Å². The average molecular weight is 182 g/mol. The molecule has 0 aliphatic rings. The lowest BCUT2D eigenvalue weighted by atomic mass is 10.2. The van der Waals surface area contributed by atoms with Crippen LogP contribution in [0.5, 0.6) is 0 Å². The Morgan fingerprint density at radius 2 is 2.00 bits per heavy atom. The van der Waals surface area contributed by atoms with E-state index in [-0.39, 0.29) is 11.7 Å². The van der Waals surface area contributed by atoms with Gasteiger partial charge in [-0.15, -0.1) is 0 Å². The maximum atomic E-state index is 12.5. The summed E-state index contributed by atoms with van der Waals surface area (Å²) in [5.74, 6) is -0.583. The molecular weight excluding hydrogens is 171 g/mol. The van der Waals surface area contributed by atoms with E-state index in [1.54, 1.807) is 0 Å². The van der Waals surface area contributed by atoms with E-state index >= 15 is 0 Å². The van der Waals surface area contributed by atoms with Crippen molar-refractivity contribution in [1.29, 1.82) is 0 Å². The summed E-state index contributed by atoms with van der Waals surface area (Å²) in [6, 6.07) is 5.36. The Bertz CT molecular complexity index is 284. The number of carbonyl (C=O) groups excluding carboxylic acids is 1. The van der Waals surface area contributed by atoms with Crippen molar-refractivity contribution in [2.75, 3.05) is 13.1 Å². The Labute approximate surface area is 75.7 Å². The smallest absolute Gasteiger partial charge is 0.251 e. The van der Waals surface area contributed by atoms with Gasteiger partial charge in [0.25, 0.3) is 5.91 Å². The van der Waals surface area contributed by atoms with Crippen molar-refractivity contribution >= 4 is 5.91 Å². The van der Waals surface area contributed by atoms with Crippen molar-refractivity contribution in [3.05, 3.63) is 35.6 Å². The molecule has 0 aromatic heterocycles. The number of halogens is 1. The Morgan fingerprint density at radius 1 is 1.38 bits per heavy atom. The van der Waals surface area contributed by atoms with Gasteiger partial charge in [0.2, 0.25) is 0 Å². The zero-order chi connectivity index (χ0) is 9.68. The van der Waals surface area contributed by atoms with Crippen molar-refractivity contribution < 1.29 is 9.18 Å². The number of nitrogens with one attached hydrogen (secondary N) is 1. The predicted molar refractivity (Wildman–Crippen MR) is 47.8 cm³/mol.